The van der Waals surface area contributed by atoms with Crippen molar-refractivity contribution in [3.8, 4) is 10.7 Å². The highest BCUT2D eigenvalue weighted by atomic mass is 32.2. The van der Waals surface area contributed by atoms with E-state index >= 15 is 0 Å². The first-order valence-electron chi connectivity index (χ1n) is 9.18. The van der Waals surface area contributed by atoms with Crippen LogP contribution in [0.15, 0.2) is 22.7 Å². The summed E-state index contributed by atoms with van der Waals surface area (Å²) in [6.45, 7) is 3.81. The largest absolute Gasteiger partial charge is 0.342 e. The molecule has 2 aromatic rings. The maximum absolute atomic E-state index is 12.8. The Labute approximate surface area is 156 Å². The van der Waals surface area contributed by atoms with Gasteiger partial charge in [0.1, 0.15) is 0 Å². The number of aromatic nitrogens is 3. The van der Waals surface area contributed by atoms with E-state index in [4.69, 9.17) is 0 Å². The van der Waals surface area contributed by atoms with Crippen LogP contribution in [0, 0.1) is 0 Å². The highest BCUT2D eigenvalue weighted by Crippen LogP contribution is 2.42. The molecule has 5 nitrogen and oxygen atoms in total. The number of nitrogens with zero attached hydrogens (tertiary/aromatic N) is 4. The van der Waals surface area contributed by atoms with Crippen LogP contribution in [0.2, 0.25) is 0 Å². The molecule has 2 aliphatic rings. The van der Waals surface area contributed by atoms with Crippen molar-refractivity contribution in [2.45, 2.75) is 61.9 Å². The first-order valence-corrected chi connectivity index (χ1v) is 10.9. The second-order valence-electron chi connectivity index (χ2n) is 6.88. The number of thiophene rings is 1. The molecular weight excluding hydrogens is 352 g/mol. The first kappa shape index (κ1) is 17.1. The monoisotopic (exact) mass is 376 g/mol. The minimum Gasteiger partial charge on any atom is -0.342 e. The summed E-state index contributed by atoms with van der Waals surface area (Å²) in [7, 11) is 0. The molecule has 4 rings (SSSR count). The molecule has 25 heavy (non-hydrogen) atoms. The quantitative estimate of drug-likeness (QED) is 0.733. The van der Waals surface area contributed by atoms with Crippen LogP contribution in [0.4, 0.5) is 0 Å². The molecule has 7 heteroatoms. The normalized spacial score (nSPS) is 19.6. The maximum Gasteiger partial charge on any atom is 0.235 e. The molecule has 1 atom stereocenters. The number of carbonyl (C=O) groups excluding carboxylic acids is 1. The van der Waals surface area contributed by atoms with Crippen molar-refractivity contribution in [3.05, 3.63) is 17.5 Å². The number of amides is 1. The number of likely N-dealkylation sites (tertiary alicyclic amines) is 1. The van der Waals surface area contributed by atoms with Crippen molar-refractivity contribution < 1.29 is 4.79 Å². The summed E-state index contributed by atoms with van der Waals surface area (Å²) in [5, 5.41) is 11.7. The third-order valence-corrected chi connectivity index (χ3v) is 6.78. The molecular formula is C18H24N4OS2. The molecule has 2 aromatic heterocycles. The van der Waals surface area contributed by atoms with Gasteiger partial charge in [-0.15, -0.1) is 21.5 Å². The van der Waals surface area contributed by atoms with Crippen LogP contribution < -0.4 is 0 Å². The summed E-state index contributed by atoms with van der Waals surface area (Å²) in [5.74, 6) is 1.20. The SMILES string of the molecule is C[C@H](Sc1nnc(-c2cccs2)n1C1CC1)C(=O)N1CCCCCC1. The molecule has 1 saturated carbocycles. The summed E-state index contributed by atoms with van der Waals surface area (Å²) in [6, 6.07) is 4.63. The molecule has 3 heterocycles. The van der Waals surface area contributed by atoms with E-state index in [1.165, 1.54) is 25.7 Å². The van der Waals surface area contributed by atoms with E-state index in [2.05, 4.69) is 26.2 Å². The van der Waals surface area contributed by atoms with Crippen LogP contribution in [0.5, 0.6) is 0 Å². The van der Waals surface area contributed by atoms with Gasteiger partial charge in [0.15, 0.2) is 11.0 Å². The van der Waals surface area contributed by atoms with E-state index in [1.807, 2.05) is 17.9 Å². The molecule has 1 aliphatic carbocycles. The van der Waals surface area contributed by atoms with Gasteiger partial charge in [-0.05, 0) is 44.1 Å². The second-order valence-corrected chi connectivity index (χ2v) is 9.14. The molecule has 2 fully saturated rings. The van der Waals surface area contributed by atoms with Gasteiger partial charge in [0.2, 0.25) is 5.91 Å². The smallest absolute Gasteiger partial charge is 0.235 e. The predicted molar refractivity (Wildman–Crippen MR) is 102 cm³/mol. The maximum atomic E-state index is 12.8. The molecule has 0 spiro atoms. The summed E-state index contributed by atoms with van der Waals surface area (Å²) < 4.78 is 2.25. The van der Waals surface area contributed by atoms with E-state index in [0.717, 1.165) is 41.8 Å². The lowest BCUT2D eigenvalue weighted by molar-refractivity contribution is -0.130. The lowest BCUT2D eigenvalue weighted by atomic mass is 10.2. The number of carbonyl (C=O) groups is 1. The second kappa shape index (κ2) is 7.50. The fourth-order valence-corrected chi connectivity index (χ4v) is 5.06. The van der Waals surface area contributed by atoms with Gasteiger partial charge in [0, 0.05) is 19.1 Å². The number of hydrogen-bond donors (Lipinski definition) is 0. The zero-order chi connectivity index (χ0) is 17.2. The van der Waals surface area contributed by atoms with Crippen molar-refractivity contribution in [2.75, 3.05) is 13.1 Å². The van der Waals surface area contributed by atoms with Gasteiger partial charge in [-0.25, -0.2) is 0 Å². The summed E-state index contributed by atoms with van der Waals surface area (Å²) >= 11 is 3.26. The molecule has 1 saturated heterocycles. The van der Waals surface area contributed by atoms with Crippen LogP contribution in [0.3, 0.4) is 0 Å². The standard InChI is InChI=1S/C18H24N4OS2/c1-13(17(23)21-10-4-2-3-5-11-21)25-18-20-19-16(15-7-6-12-24-15)22(18)14-8-9-14/h6-7,12-14H,2-5,8-11H2,1H3/t13-/m0/s1. The van der Waals surface area contributed by atoms with Crippen LogP contribution in [0.25, 0.3) is 10.7 Å². The topological polar surface area (TPSA) is 51.0 Å². The Morgan fingerprint density at radius 3 is 2.64 bits per heavy atom. The average Bonchev–Trinajstić information content (AvgIpc) is 3.25. The number of thioether (sulfide) groups is 1. The van der Waals surface area contributed by atoms with Crippen molar-refractivity contribution in [1.29, 1.82) is 0 Å². The van der Waals surface area contributed by atoms with Crippen LogP contribution in [0.1, 0.15) is 51.5 Å². The predicted octanol–water partition coefficient (Wildman–Crippen LogP) is 4.22. The zero-order valence-corrected chi connectivity index (χ0v) is 16.2. The Bertz CT molecular complexity index is 716. The van der Waals surface area contributed by atoms with E-state index < -0.39 is 0 Å². The van der Waals surface area contributed by atoms with Crippen molar-refractivity contribution in [1.82, 2.24) is 19.7 Å². The average molecular weight is 377 g/mol. The van der Waals surface area contributed by atoms with E-state index in [-0.39, 0.29) is 11.2 Å². The molecule has 0 bridgehead atoms. The Hall–Kier alpha value is -1.34. The Morgan fingerprint density at radius 1 is 1.24 bits per heavy atom. The highest BCUT2D eigenvalue weighted by Gasteiger charge is 2.32. The van der Waals surface area contributed by atoms with Crippen LogP contribution in [-0.4, -0.2) is 43.9 Å². The molecule has 134 valence electrons. The fraction of sp³-hybridized carbons (Fsp3) is 0.611. The minimum absolute atomic E-state index is 0.115. The Kier molecular flexibility index (Phi) is 5.12. The fourth-order valence-electron chi connectivity index (χ4n) is 3.35. The van der Waals surface area contributed by atoms with Crippen molar-refractivity contribution in [2.24, 2.45) is 0 Å². The molecule has 0 unspecified atom stereocenters. The van der Waals surface area contributed by atoms with E-state index in [0.29, 0.717) is 6.04 Å². The van der Waals surface area contributed by atoms with E-state index in [1.54, 1.807) is 23.1 Å². The van der Waals surface area contributed by atoms with Gasteiger partial charge >= 0.3 is 0 Å². The number of rotatable bonds is 5. The summed E-state index contributed by atoms with van der Waals surface area (Å²) in [6.07, 6.45) is 7.10. The first-order chi connectivity index (χ1) is 12.2. The minimum atomic E-state index is -0.115. The van der Waals surface area contributed by atoms with Crippen LogP contribution in [-0.2, 0) is 4.79 Å². The van der Waals surface area contributed by atoms with Crippen LogP contribution >= 0.6 is 23.1 Å². The number of hydrogen-bond acceptors (Lipinski definition) is 5. The Balaban J connectivity index is 1.51. The molecule has 1 amide bonds. The lowest BCUT2D eigenvalue weighted by Gasteiger charge is -2.23. The van der Waals surface area contributed by atoms with Crippen molar-refractivity contribution in [3.63, 3.8) is 0 Å². The van der Waals surface area contributed by atoms with Gasteiger partial charge in [-0.3, -0.25) is 9.36 Å². The zero-order valence-electron chi connectivity index (χ0n) is 14.6. The van der Waals surface area contributed by atoms with Crippen molar-refractivity contribution >= 4 is 29.0 Å². The molecule has 0 aromatic carbocycles. The van der Waals surface area contributed by atoms with E-state index in [9.17, 15) is 4.79 Å². The third-order valence-electron chi connectivity index (χ3n) is 4.87. The third kappa shape index (κ3) is 3.77. The lowest BCUT2D eigenvalue weighted by Crippen LogP contribution is -2.37. The van der Waals surface area contributed by atoms with Gasteiger partial charge < -0.3 is 4.90 Å². The molecule has 1 aliphatic heterocycles. The summed E-state index contributed by atoms with van der Waals surface area (Å²) in [4.78, 5) is 16.0. The van der Waals surface area contributed by atoms with Gasteiger partial charge in [-0.2, -0.15) is 0 Å². The van der Waals surface area contributed by atoms with Gasteiger partial charge in [0.05, 0.1) is 10.1 Å². The van der Waals surface area contributed by atoms with Gasteiger partial charge in [0.25, 0.3) is 0 Å². The molecule has 0 N–H and O–H groups in total. The Morgan fingerprint density at radius 2 is 2.00 bits per heavy atom. The van der Waals surface area contributed by atoms with Gasteiger partial charge in [-0.1, -0.05) is 30.7 Å². The molecule has 0 radical (unpaired) electrons. The highest BCUT2D eigenvalue weighted by molar-refractivity contribution is 8.00. The summed E-state index contributed by atoms with van der Waals surface area (Å²) in [5.41, 5.74) is 0.